The number of non-ortho nitro benzene ring substituents is 1. The van der Waals surface area contributed by atoms with Gasteiger partial charge in [-0.15, -0.1) is 0 Å². The van der Waals surface area contributed by atoms with Gasteiger partial charge in [-0.05, 0) is 66.4 Å². The molecule has 0 aliphatic carbocycles. The molecule has 2 atom stereocenters. The first kappa shape index (κ1) is 24.5. The molecule has 0 unspecified atom stereocenters. The van der Waals surface area contributed by atoms with E-state index in [0.29, 0.717) is 39.0 Å². The zero-order valence-electron chi connectivity index (χ0n) is 20.6. The van der Waals surface area contributed by atoms with Crippen molar-refractivity contribution < 1.29 is 18.8 Å². The van der Waals surface area contributed by atoms with Gasteiger partial charge in [-0.2, -0.15) is 0 Å². The smallest absolute Gasteiger partial charge is 0.269 e. The third-order valence-electron chi connectivity index (χ3n) is 7.31. The van der Waals surface area contributed by atoms with Gasteiger partial charge in [-0.25, -0.2) is 4.39 Å². The molecule has 0 bridgehead atoms. The molecule has 5 rings (SSSR count). The molecule has 2 aliphatic heterocycles. The third-order valence-corrected chi connectivity index (χ3v) is 7.31. The number of methoxy groups -OCH3 is 1. The molecule has 192 valence electrons. The quantitative estimate of drug-likeness (QED) is 0.387. The van der Waals surface area contributed by atoms with Crippen molar-refractivity contribution in [3.63, 3.8) is 0 Å². The number of halogens is 1. The van der Waals surface area contributed by atoms with Crippen LogP contribution in [-0.4, -0.2) is 50.2 Å². The summed E-state index contributed by atoms with van der Waals surface area (Å²) in [6.45, 7) is 2.43. The van der Waals surface area contributed by atoms with Crippen LogP contribution >= 0.6 is 0 Å². The normalized spacial score (nSPS) is 18.5. The number of carbonyl (C=O) groups excluding carboxylic acids is 1. The van der Waals surface area contributed by atoms with Gasteiger partial charge in [0.05, 0.1) is 24.0 Å². The van der Waals surface area contributed by atoms with Gasteiger partial charge in [0.1, 0.15) is 11.6 Å². The maximum atomic E-state index is 13.5. The summed E-state index contributed by atoms with van der Waals surface area (Å²) in [5, 5.41) is 14.5. The number of nitro groups is 1. The number of hydrogen-bond acceptors (Lipinski definition) is 6. The highest BCUT2D eigenvalue weighted by atomic mass is 19.1. The Hall–Kier alpha value is -4.14. The van der Waals surface area contributed by atoms with Crippen molar-refractivity contribution in [2.75, 3.05) is 43.1 Å². The number of fused-ring (bicyclic) bond motifs is 3. The average molecular weight is 505 g/mol. The summed E-state index contributed by atoms with van der Waals surface area (Å²) in [5.41, 5.74) is 3.79. The maximum Gasteiger partial charge on any atom is 0.269 e. The first-order chi connectivity index (χ1) is 17.9. The number of nitro benzene ring substituents is 1. The highest BCUT2D eigenvalue weighted by Gasteiger charge is 2.42. The standard InChI is InChI=1S/C28H29FN4O4/c1-37-24-9-2-19(3-10-24)12-13-30-28(34)25-17-20-16-23(33(35)36)8-11-26(20)32-15-14-31(18-27(25)32)22-6-4-21(29)5-7-22/h2-11,16,25,27H,12-15,17-18H2,1H3,(H,30,34)/t25-,27+/m0/s1. The molecular weight excluding hydrogens is 475 g/mol. The summed E-state index contributed by atoms with van der Waals surface area (Å²) in [6, 6.07) is 18.9. The Morgan fingerprint density at radius 3 is 2.57 bits per heavy atom. The monoisotopic (exact) mass is 504 g/mol. The van der Waals surface area contributed by atoms with Crippen LogP contribution < -0.4 is 19.9 Å². The molecule has 0 aromatic heterocycles. The number of anilines is 2. The van der Waals surface area contributed by atoms with E-state index in [4.69, 9.17) is 4.74 Å². The van der Waals surface area contributed by atoms with Crippen LogP contribution in [0.1, 0.15) is 11.1 Å². The minimum Gasteiger partial charge on any atom is -0.497 e. The van der Waals surface area contributed by atoms with Crippen LogP contribution in [0.15, 0.2) is 66.7 Å². The van der Waals surface area contributed by atoms with E-state index in [2.05, 4.69) is 15.1 Å². The van der Waals surface area contributed by atoms with Gasteiger partial charge >= 0.3 is 0 Å². The fraction of sp³-hybridized carbons (Fsp3) is 0.321. The van der Waals surface area contributed by atoms with Crippen LogP contribution in [0.3, 0.4) is 0 Å². The molecule has 0 spiro atoms. The summed E-state index contributed by atoms with van der Waals surface area (Å²) in [5.74, 6) is 0.0470. The molecule has 1 amide bonds. The van der Waals surface area contributed by atoms with Crippen LogP contribution in [0, 0.1) is 21.8 Å². The van der Waals surface area contributed by atoms with Gasteiger partial charge in [-0.1, -0.05) is 12.1 Å². The van der Waals surface area contributed by atoms with Crippen molar-refractivity contribution >= 4 is 23.0 Å². The molecule has 2 heterocycles. The Morgan fingerprint density at radius 1 is 1.11 bits per heavy atom. The lowest BCUT2D eigenvalue weighted by Gasteiger charge is -2.49. The third kappa shape index (κ3) is 5.21. The lowest BCUT2D eigenvalue weighted by atomic mass is 9.83. The zero-order valence-corrected chi connectivity index (χ0v) is 20.6. The molecule has 1 fully saturated rings. The minimum atomic E-state index is -0.400. The Bertz CT molecular complexity index is 1280. The van der Waals surface area contributed by atoms with Crippen molar-refractivity contribution in [1.29, 1.82) is 0 Å². The van der Waals surface area contributed by atoms with Crippen molar-refractivity contribution in [2.24, 2.45) is 5.92 Å². The number of carbonyl (C=O) groups is 1. The van der Waals surface area contributed by atoms with E-state index < -0.39 is 4.92 Å². The van der Waals surface area contributed by atoms with Gasteiger partial charge in [0.25, 0.3) is 5.69 Å². The molecule has 2 aliphatic rings. The second-order valence-electron chi connectivity index (χ2n) is 9.45. The van der Waals surface area contributed by atoms with Gasteiger partial charge < -0.3 is 19.9 Å². The van der Waals surface area contributed by atoms with Crippen LogP contribution in [0.5, 0.6) is 5.75 Å². The predicted molar refractivity (Wildman–Crippen MR) is 140 cm³/mol. The van der Waals surface area contributed by atoms with E-state index >= 15 is 0 Å². The summed E-state index contributed by atoms with van der Waals surface area (Å²) < 4.78 is 18.7. The van der Waals surface area contributed by atoms with E-state index in [1.54, 1.807) is 31.4 Å². The Morgan fingerprint density at radius 2 is 1.86 bits per heavy atom. The summed E-state index contributed by atoms with van der Waals surface area (Å²) in [7, 11) is 1.62. The van der Waals surface area contributed by atoms with Crippen LogP contribution in [0.2, 0.25) is 0 Å². The average Bonchev–Trinajstić information content (AvgIpc) is 2.92. The summed E-state index contributed by atoms with van der Waals surface area (Å²) in [4.78, 5) is 28.9. The lowest BCUT2D eigenvalue weighted by molar-refractivity contribution is -0.384. The number of benzene rings is 3. The summed E-state index contributed by atoms with van der Waals surface area (Å²) in [6.07, 6.45) is 1.10. The molecular formula is C28H29FN4O4. The SMILES string of the molecule is COc1ccc(CCNC(=O)[C@H]2Cc3cc([N+](=O)[O-])ccc3N3CCN(c4ccc(F)cc4)C[C@H]23)cc1. The number of nitrogens with zero attached hydrogens (tertiary/aromatic N) is 3. The minimum absolute atomic E-state index is 0.0285. The first-order valence-corrected chi connectivity index (χ1v) is 12.4. The van der Waals surface area contributed by atoms with Crippen LogP contribution in [-0.2, 0) is 17.6 Å². The van der Waals surface area contributed by atoms with Gasteiger partial charge in [-0.3, -0.25) is 14.9 Å². The first-order valence-electron chi connectivity index (χ1n) is 12.4. The number of amides is 1. The predicted octanol–water partition coefficient (Wildman–Crippen LogP) is 3.97. The van der Waals surface area contributed by atoms with Crippen molar-refractivity contribution in [2.45, 2.75) is 18.9 Å². The fourth-order valence-electron chi connectivity index (χ4n) is 5.36. The molecule has 9 heteroatoms. The molecule has 8 nitrogen and oxygen atoms in total. The molecule has 0 radical (unpaired) electrons. The van der Waals surface area contributed by atoms with Crippen molar-refractivity contribution in [3.05, 3.63) is 93.8 Å². The second-order valence-corrected chi connectivity index (χ2v) is 9.45. The van der Waals surface area contributed by atoms with E-state index in [0.717, 1.165) is 28.3 Å². The van der Waals surface area contributed by atoms with E-state index in [1.807, 2.05) is 24.3 Å². The number of hydrogen-bond donors (Lipinski definition) is 1. The van der Waals surface area contributed by atoms with Crippen molar-refractivity contribution in [1.82, 2.24) is 5.32 Å². The molecule has 3 aromatic carbocycles. The second kappa shape index (κ2) is 10.5. The van der Waals surface area contributed by atoms with E-state index in [-0.39, 0.29) is 29.4 Å². The molecule has 0 saturated carbocycles. The molecule has 37 heavy (non-hydrogen) atoms. The van der Waals surface area contributed by atoms with Gasteiger partial charge in [0.2, 0.25) is 5.91 Å². The highest BCUT2D eigenvalue weighted by molar-refractivity contribution is 5.82. The number of ether oxygens (including phenoxy) is 1. The van der Waals surface area contributed by atoms with Crippen LogP contribution in [0.25, 0.3) is 0 Å². The summed E-state index contributed by atoms with van der Waals surface area (Å²) >= 11 is 0. The Labute approximate surface area is 214 Å². The maximum absolute atomic E-state index is 13.5. The van der Waals surface area contributed by atoms with E-state index in [9.17, 15) is 19.3 Å². The molecule has 1 N–H and O–H groups in total. The lowest BCUT2D eigenvalue weighted by Crippen LogP contribution is -2.61. The van der Waals surface area contributed by atoms with Crippen molar-refractivity contribution in [3.8, 4) is 5.75 Å². The Kier molecular flexibility index (Phi) is 6.94. The van der Waals surface area contributed by atoms with Crippen LogP contribution in [0.4, 0.5) is 21.5 Å². The number of piperazine rings is 1. The molecule has 3 aromatic rings. The topological polar surface area (TPSA) is 87.9 Å². The highest BCUT2D eigenvalue weighted by Crippen LogP contribution is 2.38. The Balaban J connectivity index is 1.35. The van der Waals surface area contributed by atoms with Gasteiger partial charge in [0.15, 0.2) is 0 Å². The van der Waals surface area contributed by atoms with Gasteiger partial charge in [0, 0.05) is 49.7 Å². The largest absolute Gasteiger partial charge is 0.497 e. The molecule has 1 saturated heterocycles. The zero-order chi connectivity index (χ0) is 25.9. The fourth-order valence-corrected chi connectivity index (χ4v) is 5.36. The number of rotatable bonds is 7. The van der Waals surface area contributed by atoms with E-state index in [1.165, 1.54) is 18.2 Å². The number of nitrogens with one attached hydrogen (secondary N) is 1.